The molecule has 0 aromatic rings. The molecule has 0 aromatic carbocycles. The van der Waals surface area contributed by atoms with Gasteiger partial charge >= 0.3 is 0 Å². The summed E-state index contributed by atoms with van der Waals surface area (Å²) in [6.45, 7) is 4.18. The minimum absolute atomic E-state index is 0.356. The SMILES string of the molecule is CCN(CCN)C(=O)CC12CC3CC(CC(C3)C1)C2. The molecule has 4 bridgehead atoms. The van der Waals surface area contributed by atoms with Crippen molar-refractivity contribution in [2.45, 2.75) is 51.9 Å². The summed E-state index contributed by atoms with van der Waals surface area (Å²) in [6.07, 6.45) is 9.13. The van der Waals surface area contributed by atoms with E-state index < -0.39 is 0 Å². The first-order chi connectivity index (χ1) is 9.14. The van der Waals surface area contributed by atoms with Gasteiger partial charge in [0.2, 0.25) is 5.91 Å². The van der Waals surface area contributed by atoms with Crippen molar-refractivity contribution >= 4 is 5.91 Å². The fourth-order valence-electron chi connectivity index (χ4n) is 5.55. The zero-order chi connectivity index (χ0) is 13.5. The number of hydrogen-bond donors (Lipinski definition) is 1. The first-order valence-electron chi connectivity index (χ1n) is 8.12. The van der Waals surface area contributed by atoms with E-state index in [1.54, 1.807) is 0 Å². The molecule has 0 atom stereocenters. The molecule has 2 N–H and O–H groups in total. The maximum Gasteiger partial charge on any atom is 0.223 e. The summed E-state index contributed by atoms with van der Waals surface area (Å²) in [4.78, 5) is 14.5. The highest BCUT2D eigenvalue weighted by atomic mass is 16.2. The molecule has 3 nitrogen and oxygen atoms in total. The minimum Gasteiger partial charge on any atom is -0.342 e. The number of carbonyl (C=O) groups is 1. The van der Waals surface area contributed by atoms with Gasteiger partial charge in [0.05, 0.1) is 0 Å². The standard InChI is InChI=1S/C16H28N2O/c1-2-18(4-3-17)15(19)11-16-8-12-5-13(9-16)7-14(6-12)10-16/h12-14H,2-11,17H2,1H3. The van der Waals surface area contributed by atoms with Crippen LogP contribution in [0, 0.1) is 23.2 Å². The molecule has 0 aliphatic heterocycles. The molecule has 3 heteroatoms. The second-order valence-electron chi connectivity index (χ2n) is 7.36. The van der Waals surface area contributed by atoms with Gasteiger partial charge < -0.3 is 10.6 Å². The predicted molar refractivity (Wildman–Crippen MR) is 76.5 cm³/mol. The van der Waals surface area contributed by atoms with Gasteiger partial charge in [-0.05, 0) is 68.6 Å². The zero-order valence-electron chi connectivity index (χ0n) is 12.2. The van der Waals surface area contributed by atoms with Crippen molar-refractivity contribution < 1.29 is 4.79 Å². The summed E-state index contributed by atoms with van der Waals surface area (Å²) in [5, 5.41) is 0. The van der Waals surface area contributed by atoms with E-state index in [2.05, 4.69) is 6.92 Å². The number of nitrogens with zero attached hydrogens (tertiary/aromatic N) is 1. The van der Waals surface area contributed by atoms with Crippen LogP contribution in [0.1, 0.15) is 51.9 Å². The molecule has 0 unspecified atom stereocenters. The second kappa shape index (κ2) is 5.08. The average Bonchev–Trinajstić information content (AvgIpc) is 2.33. The Morgan fingerprint density at radius 3 is 2.11 bits per heavy atom. The summed E-state index contributed by atoms with van der Waals surface area (Å²) in [6, 6.07) is 0. The molecule has 108 valence electrons. The maximum absolute atomic E-state index is 12.5. The third-order valence-electron chi connectivity index (χ3n) is 5.82. The molecule has 0 spiro atoms. The van der Waals surface area contributed by atoms with Crippen molar-refractivity contribution in [1.29, 1.82) is 0 Å². The molecule has 0 heterocycles. The highest BCUT2D eigenvalue weighted by Crippen LogP contribution is 2.61. The Morgan fingerprint density at radius 1 is 1.16 bits per heavy atom. The van der Waals surface area contributed by atoms with Crippen LogP contribution >= 0.6 is 0 Å². The van der Waals surface area contributed by atoms with Gasteiger partial charge in [-0.25, -0.2) is 0 Å². The molecule has 1 amide bonds. The van der Waals surface area contributed by atoms with Gasteiger partial charge in [0, 0.05) is 26.1 Å². The zero-order valence-corrected chi connectivity index (χ0v) is 12.2. The van der Waals surface area contributed by atoms with E-state index in [-0.39, 0.29) is 0 Å². The number of hydrogen-bond acceptors (Lipinski definition) is 2. The predicted octanol–water partition coefficient (Wildman–Crippen LogP) is 2.40. The van der Waals surface area contributed by atoms with E-state index in [1.807, 2.05) is 4.90 Å². The molecule has 4 fully saturated rings. The molecule has 0 aromatic heterocycles. The minimum atomic E-state index is 0.356. The number of rotatable bonds is 5. The lowest BCUT2D eigenvalue weighted by molar-refractivity contribution is -0.139. The maximum atomic E-state index is 12.5. The van der Waals surface area contributed by atoms with Gasteiger partial charge in [-0.2, -0.15) is 0 Å². The van der Waals surface area contributed by atoms with Crippen molar-refractivity contribution in [1.82, 2.24) is 4.90 Å². The van der Waals surface area contributed by atoms with Crippen LogP contribution in [0.3, 0.4) is 0 Å². The van der Waals surface area contributed by atoms with E-state index in [0.717, 1.165) is 37.3 Å². The van der Waals surface area contributed by atoms with Gasteiger partial charge in [0.25, 0.3) is 0 Å². The third-order valence-corrected chi connectivity index (χ3v) is 5.82. The average molecular weight is 264 g/mol. The molecule has 4 aliphatic carbocycles. The Bertz CT molecular complexity index is 317. The smallest absolute Gasteiger partial charge is 0.223 e. The lowest BCUT2D eigenvalue weighted by Gasteiger charge is -2.57. The first-order valence-corrected chi connectivity index (χ1v) is 8.12. The summed E-state index contributed by atoms with van der Waals surface area (Å²) in [7, 11) is 0. The first kappa shape index (κ1) is 13.4. The highest BCUT2D eigenvalue weighted by Gasteiger charge is 2.51. The number of likely N-dealkylation sites (N-methyl/N-ethyl adjacent to an activating group) is 1. The third kappa shape index (κ3) is 2.54. The Labute approximate surface area is 116 Å². The Balaban J connectivity index is 1.67. The molecular formula is C16H28N2O. The lowest BCUT2D eigenvalue weighted by atomic mass is 9.49. The monoisotopic (exact) mass is 264 g/mol. The van der Waals surface area contributed by atoms with E-state index >= 15 is 0 Å². The largest absolute Gasteiger partial charge is 0.342 e. The van der Waals surface area contributed by atoms with E-state index in [4.69, 9.17) is 5.73 Å². The van der Waals surface area contributed by atoms with Gasteiger partial charge in [0.15, 0.2) is 0 Å². The van der Waals surface area contributed by atoms with Crippen molar-refractivity contribution in [3.63, 3.8) is 0 Å². The Kier molecular flexibility index (Phi) is 3.59. The van der Waals surface area contributed by atoms with Crippen LogP contribution in [0.25, 0.3) is 0 Å². The quantitative estimate of drug-likeness (QED) is 0.829. The number of nitrogens with two attached hydrogens (primary N) is 1. The molecule has 4 saturated carbocycles. The van der Waals surface area contributed by atoms with E-state index in [1.165, 1.54) is 38.5 Å². The summed E-state index contributed by atoms with van der Waals surface area (Å²) >= 11 is 0. The van der Waals surface area contributed by atoms with Gasteiger partial charge in [-0.1, -0.05) is 0 Å². The number of amides is 1. The van der Waals surface area contributed by atoms with Crippen LogP contribution in [0.2, 0.25) is 0 Å². The topological polar surface area (TPSA) is 46.3 Å². The fraction of sp³-hybridized carbons (Fsp3) is 0.938. The fourth-order valence-corrected chi connectivity index (χ4v) is 5.55. The molecule has 19 heavy (non-hydrogen) atoms. The van der Waals surface area contributed by atoms with Gasteiger partial charge in [-0.3, -0.25) is 4.79 Å². The van der Waals surface area contributed by atoms with Crippen LogP contribution < -0.4 is 5.73 Å². The molecular weight excluding hydrogens is 236 g/mol. The van der Waals surface area contributed by atoms with Crippen molar-refractivity contribution in [3.05, 3.63) is 0 Å². The van der Waals surface area contributed by atoms with Gasteiger partial charge in [-0.15, -0.1) is 0 Å². The summed E-state index contributed by atoms with van der Waals surface area (Å²) in [5.74, 6) is 3.16. The molecule has 0 radical (unpaired) electrons. The van der Waals surface area contributed by atoms with E-state index in [0.29, 0.717) is 17.9 Å². The Hall–Kier alpha value is -0.570. The van der Waals surface area contributed by atoms with Crippen molar-refractivity contribution in [2.24, 2.45) is 28.9 Å². The van der Waals surface area contributed by atoms with Crippen molar-refractivity contribution in [3.8, 4) is 0 Å². The van der Waals surface area contributed by atoms with Crippen LogP contribution in [-0.2, 0) is 4.79 Å². The summed E-state index contributed by atoms with van der Waals surface area (Å²) in [5.41, 5.74) is 5.98. The van der Waals surface area contributed by atoms with E-state index in [9.17, 15) is 4.79 Å². The van der Waals surface area contributed by atoms with Crippen LogP contribution in [0.4, 0.5) is 0 Å². The lowest BCUT2D eigenvalue weighted by Crippen LogP contribution is -2.48. The number of carbonyl (C=O) groups excluding carboxylic acids is 1. The van der Waals surface area contributed by atoms with Crippen LogP contribution in [0.5, 0.6) is 0 Å². The summed E-state index contributed by atoms with van der Waals surface area (Å²) < 4.78 is 0. The van der Waals surface area contributed by atoms with Crippen LogP contribution in [-0.4, -0.2) is 30.4 Å². The van der Waals surface area contributed by atoms with Crippen LogP contribution in [0.15, 0.2) is 0 Å². The normalized spacial score (nSPS) is 39.6. The molecule has 4 rings (SSSR count). The van der Waals surface area contributed by atoms with Crippen molar-refractivity contribution in [2.75, 3.05) is 19.6 Å². The Morgan fingerprint density at radius 2 is 1.68 bits per heavy atom. The van der Waals surface area contributed by atoms with Gasteiger partial charge in [0.1, 0.15) is 0 Å². The molecule has 0 saturated heterocycles. The second-order valence-corrected chi connectivity index (χ2v) is 7.36. The molecule has 4 aliphatic rings. The highest BCUT2D eigenvalue weighted by molar-refractivity contribution is 5.77.